The van der Waals surface area contributed by atoms with Crippen LogP contribution in [0.4, 0.5) is 5.82 Å². The standard InChI is InChI=1S/C16H21N3O3S/c1-9-12-14(19-7-4-3-5-11(19)6-8-20)17-10(2)18-15(12)23-13(9)16(21)22/h11,20H,3-8H2,1-2H3,(H,21,22). The molecule has 2 aromatic heterocycles. The van der Waals surface area contributed by atoms with Crippen LogP contribution in [-0.4, -0.2) is 45.3 Å². The van der Waals surface area contributed by atoms with Crippen LogP contribution >= 0.6 is 11.3 Å². The molecule has 7 heteroatoms. The summed E-state index contributed by atoms with van der Waals surface area (Å²) in [5.41, 5.74) is 0.737. The van der Waals surface area contributed by atoms with Gasteiger partial charge >= 0.3 is 5.97 Å². The van der Waals surface area contributed by atoms with Crippen molar-refractivity contribution < 1.29 is 15.0 Å². The number of aromatic carboxylic acids is 1. The number of aryl methyl sites for hydroxylation is 2. The lowest BCUT2D eigenvalue weighted by Crippen LogP contribution is -2.41. The van der Waals surface area contributed by atoms with Crippen LogP contribution < -0.4 is 4.90 Å². The normalized spacial score (nSPS) is 18.6. The molecular formula is C16H21N3O3S. The number of hydrogen-bond donors (Lipinski definition) is 2. The molecule has 0 aliphatic carbocycles. The topological polar surface area (TPSA) is 86.5 Å². The number of aliphatic hydroxyl groups excluding tert-OH is 1. The predicted molar refractivity (Wildman–Crippen MR) is 90.5 cm³/mol. The first-order valence-corrected chi connectivity index (χ1v) is 8.73. The first kappa shape index (κ1) is 16.1. The number of piperidine rings is 1. The first-order valence-electron chi connectivity index (χ1n) is 7.91. The molecule has 1 fully saturated rings. The Morgan fingerprint density at radius 3 is 2.83 bits per heavy atom. The zero-order valence-electron chi connectivity index (χ0n) is 13.4. The van der Waals surface area contributed by atoms with E-state index >= 15 is 0 Å². The Hall–Kier alpha value is -1.73. The molecule has 1 aliphatic heterocycles. The van der Waals surface area contributed by atoms with Crippen LogP contribution in [0.3, 0.4) is 0 Å². The number of anilines is 1. The van der Waals surface area contributed by atoms with Crippen molar-refractivity contribution in [1.82, 2.24) is 9.97 Å². The molecule has 6 nitrogen and oxygen atoms in total. The Morgan fingerprint density at radius 2 is 2.13 bits per heavy atom. The Labute approximate surface area is 138 Å². The lowest BCUT2D eigenvalue weighted by Gasteiger charge is -2.37. The number of aliphatic hydroxyl groups is 1. The van der Waals surface area contributed by atoms with Crippen molar-refractivity contribution in [1.29, 1.82) is 0 Å². The number of carbonyl (C=O) groups is 1. The van der Waals surface area contributed by atoms with E-state index in [1.54, 1.807) is 0 Å². The summed E-state index contributed by atoms with van der Waals surface area (Å²) < 4.78 is 0. The quantitative estimate of drug-likeness (QED) is 0.893. The Balaban J connectivity index is 2.17. The van der Waals surface area contributed by atoms with Crippen molar-refractivity contribution in [3.63, 3.8) is 0 Å². The molecule has 0 spiro atoms. The van der Waals surface area contributed by atoms with Gasteiger partial charge in [0.15, 0.2) is 0 Å². The number of nitrogens with zero attached hydrogens (tertiary/aromatic N) is 3. The zero-order valence-corrected chi connectivity index (χ0v) is 14.2. The van der Waals surface area contributed by atoms with Crippen molar-refractivity contribution in [2.24, 2.45) is 0 Å². The molecular weight excluding hydrogens is 314 g/mol. The van der Waals surface area contributed by atoms with E-state index in [4.69, 9.17) is 0 Å². The highest BCUT2D eigenvalue weighted by Gasteiger charge is 2.28. The fourth-order valence-corrected chi connectivity index (χ4v) is 4.42. The summed E-state index contributed by atoms with van der Waals surface area (Å²) in [4.78, 5) is 23.8. The maximum Gasteiger partial charge on any atom is 0.346 e. The molecule has 23 heavy (non-hydrogen) atoms. The van der Waals surface area contributed by atoms with E-state index in [-0.39, 0.29) is 12.6 Å². The molecule has 0 aromatic carbocycles. The van der Waals surface area contributed by atoms with Gasteiger partial charge in [-0.1, -0.05) is 0 Å². The van der Waals surface area contributed by atoms with Crippen LogP contribution in [0.15, 0.2) is 0 Å². The summed E-state index contributed by atoms with van der Waals surface area (Å²) in [6, 6.07) is 0.249. The molecule has 3 heterocycles. The van der Waals surface area contributed by atoms with E-state index in [1.165, 1.54) is 11.3 Å². The molecule has 124 valence electrons. The second-order valence-electron chi connectivity index (χ2n) is 5.99. The van der Waals surface area contributed by atoms with Gasteiger partial charge in [-0.15, -0.1) is 11.3 Å². The third-order valence-electron chi connectivity index (χ3n) is 4.44. The molecule has 1 atom stereocenters. The van der Waals surface area contributed by atoms with Gasteiger partial charge in [-0.25, -0.2) is 14.8 Å². The van der Waals surface area contributed by atoms with Gasteiger partial charge in [-0.3, -0.25) is 0 Å². The van der Waals surface area contributed by atoms with Crippen molar-refractivity contribution in [2.45, 2.75) is 45.6 Å². The fourth-order valence-electron chi connectivity index (χ4n) is 3.36. The van der Waals surface area contributed by atoms with Crippen LogP contribution in [0, 0.1) is 13.8 Å². The van der Waals surface area contributed by atoms with Crippen LogP contribution in [0.1, 0.15) is 46.7 Å². The Morgan fingerprint density at radius 1 is 1.35 bits per heavy atom. The first-order chi connectivity index (χ1) is 11.0. The summed E-state index contributed by atoms with van der Waals surface area (Å²) in [7, 11) is 0. The second-order valence-corrected chi connectivity index (χ2v) is 6.99. The van der Waals surface area contributed by atoms with Gasteiger partial charge in [0.25, 0.3) is 0 Å². The van der Waals surface area contributed by atoms with E-state index in [9.17, 15) is 15.0 Å². The highest BCUT2D eigenvalue weighted by Crippen LogP contribution is 2.37. The highest BCUT2D eigenvalue weighted by atomic mass is 32.1. The number of aromatic nitrogens is 2. The molecule has 3 rings (SSSR count). The maximum atomic E-state index is 11.4. The van der Waals surface area contributed by atoms with Gasteiger partial charge in [0, 0.05) is 19.2 Å². The number of thiophene rings is 1. The third kappa shape index (κ3) is 2.90. The fraction of sp³-hybridized carbons (Fsp3) is 0.562. The summed E-state index contributed by atoms with van der Waals surface area (Å²) in [6.07, 6.45) is 3.97. The summed E-state index contributed by atoms with van der Waals surface area (Å²) in [5, 5.41) is 19.6. The van der Waals surface area contributed by atoms with Crippen molar-refractivity contribution >= 4 is 33.3 Å². The zero-order chi connectivity index (χ0) is 16.6. The minimum Gasteiger partial charge on any atom is -0.477 e. The van der Waals surface area contributed by atoms with Crippen LogP contribution in [-0.2, 0) is 0 Å². The molecule has 2 aromatic rings. The van der Waals surface area contributed by atoms with Crippen LogP contribution in [0.5, 0.6) is 0 Å². The number of carboxylic acid groups (broad SMARTS) is 1. The molecule has 1 unspecified atom stereocenters. The van der Waals surface area contributed by atoms with E-state index in [0.717, 1.165) is 47.4 Å². The molecule has 0 amide bonds. The van der Waals surface area contributed by atoms with Gasteiger partial charge in [-0.05, 0) is 45.1 Å². The van der Waals surface area contributed by atoms with E-state index < -0.39 is 5.97 Å². The van der Waals surface area contributed by atoms with E-state index in [0.29, 0.717) is 17.1 Å². The second kappa shape index (κ2) is 6.41. The highest BCUT2D eigenvalue weighted by molar-refractivity contribution is 7.20. The largest absolute Gasteiger partial charge is 0.477 e. The third-order valence-corrected chi connectivity index (χ3v) is 5.61. The van der Waals surface area contributed by atoms with E-state index in [2.05, 4.69) is 14.9 Å². The SMILES string of the molecule is Cc1nc(N2CCCCC2CCO)c2c(C)c(C(=O)O)sc2n1. The van der Waals surface area contributed by atoms with Crippen LogP contribution in [0.2, 0.25) is 0 Å². The monoisotopic (exact) mass is 335 g/mol. The van der Waals surface area contributed by atoms with Gasteiger partial charge in [-0.2, -0.15) is 0 Å². The lowest BCUT2D eigenvalue weighted by molar-refractivity contribution is 0.0701. The average molecular weight is 335 g/mol. The van der Waals surface area contributed by atoms with Gasteiger partial charge in [0.05, 0.1) is 5.39 Å². The molecule has 2 N–H and O–H groups in total. The van der Waals surface area contributed by atoms with E-state index in [1.807, 2.05) is 13.8 Å². The molecule has 1 aliphatic rings. The Bertz CT molecular complexity index is 742. The maximum absolute atomic E-state index is 11.4. The summed E-state index contributed by atoms with van der Waals surface area (Å²) >= 11 is 1.21. The number of rotatable bonds is 4. The van der Waals surface area contributed by atoms with Crippen LogP contribution in [0.25, 0.3) is 10.2 Å². The average Bonchev–Trinajstić information content (AvgIpc) is 2.84. The van der Waals surface area contributed by atoms with Crippen molar-refractivity contribution in [3.8, 4) is 0 Å². The van der Waals surface area contributed by atoms with Gasteiger partial charge in [0.2, 0.25) is 0 Å². The molecule has 0 saturated carbocycles. The molecule has 0 bridgehead atoms. The Kier molecular flexibility index (Phi) is 4.50. The number of hydrogen-bond acceptors (Lipinski definition) is 6. The molecule has 1 saturated heterocycles. The minimum absolute atomic E-state index is 0.150. The lowest BCUT2D eigenvalue weighted by atomic mass is 9.99. The smallest absolute Gasteiger partial charge is 0.346 e. The summed E-state index contributed by atoms with van der Waals surface area (Å²) in [6.45, 7) is 4.70. The van der Waals surface area contributed by atoms with Gasteiger partial charge in [0.1, 0.15) is 21.3 Å². The van der Waals surface area contributed by atoms with Crippen molar-refractivity contribution in [3.05, 3.63) is 16.3 Å². The number of carboxylic acids is 1. The predicted octanol–water partition coefficient (Wildman–Crippen LogP) is 2.75. The van der Waals surface area contributed by atoms with Crippen molar-refractivity contribution in [2.75, 3.05) is 18.1 Å². The minimum atomic E-state index is -0.917. The number of fused-ring (bicyclic) bond motifs is 1. The summed E-state index contributed by atoms with van der Waals surface area (Å²) in [5.74, 6) is 0.561. The molecule has 0 radical (unpaired) electrons. The van der Waals surface area contributed by atoms with Gasteiger partial charge < -0.3 is 15.1 Å².